The lowest BCUT2D eigenvalue weighted by molar-refractivity contribution is -0.380. The number of nitrogens with two attached hydrogens (primary N) is 1. The maximum atomic E-state index is 11.6. The van der Waals surface area contributed by atoms with E-state index in [4.69, 9.17) is 5.73 Å². The van der Waals surface area contributed by atoms with E-state index >= 15 is 0 Å². The van der Waals surface area contributed by atoms with Crippen molar-refractivity contribution < 1.29 is 14.5 Å². The molecular formula is C10H14N2O4S. The van der Waals surface area contributed by atoms with E-state index < -0.39 is 22.3 Å². The standard InChI is InChI=1S/C10H14N2O4S/c1-10(2,9(13)16-3)8(11)6-4-5-7(17-6)12(14)15/h4-5,8H,11H2,1-3H3/t8-/m0/s1. The average Bonchev–Trinajstić information content (AvgIpc) is 2.75. The Balaban J connectivity index is 2.99. The number of nitro groups is 1. The van der Waals surface area contributed by atoms with E-state index in [-0.39, 0.29) is 5.00 Å². The molecule has 0 saturated heterocycles. The molecule has 7 heteroatoms. The summed E-state index contributed by atoms with van der Waals surface area (Å²) in [5.41, 5.74) is 5.03. The summed E-state index contributed by atoms with van der Waals surface area (Å²) in [4.78, 5) is 22.2. The maximum Gasteiger partial charge on any atom is 0.324 e. The first kappa shape index (κ1) is 13.6. The number of nitrogens with zero attached hydrogens (tertiary/aromatic N) is 1. The van der Waals surface area contributed by atoms with Crippen molar-refractivity contribution >= 4 is 22.3 Å². The van der Waals surface area contributed by atoms with Crippen LogP contribution in [0, 0.1) is 15.5 Å². The normalized spacial score (nSPS) is 13.2. The quantitative estimate of drug-likeness (QED) is 0.505. The lowest BCUT2D eigenvalue weighted by atomic mass is 9.84. The molecule has 17 heavy (non-hydrogen) atoms. The van der Waals surface area contributed by atoms with Crippen LogP contribution in [0.25, 0.3) is 0 Å². The summed E-state index contributed by atoms with van der Waals surface area (Å²) >= 11 is 0.972. The maximum absolute atomic E-state index is 11.6. The predicted octanol–water partition coefficient (Wildman–Crippen LogP) is 1.86. The molecule has 0 bridgehead atoms. The topological polar surface area (TPSA) is 95.5 Å². The van der Waals surface area contributed by atoms with Crippen molar-refractivity contribution in [2.75, 3.05) is 7.11 Å². The van der Waals surface area contributed by atoms with Gasteiger partial charge in [-0.25, -0.2) is 0 Å². The van der Waals surface area contributed by atoms with Crippen molar-refractivity contribution in [3.05, 3.63) is 27.1 Å². The molecule has 0 unspecified atom stereocenters. The van der Waals surface area contributed by atoms with Crippen LogP contribution in [0.15, 0.2) is 12.1 Å². The van der Waals surface area contributed by atoms with Crippen molar-refractivity contribution in [3.8, 4) is 0 Å². The van der Waals surface area contributed by atoms with Gasteiger partial charge in [-0.1, -0.05) is 11.3 Å². The number of esters is 1. The number of rotatable bonds is 4. The van der Waals surface area contributed by atoms with Crippen LogP contribution in [0.4, 0.5) is 5.00 Å². The molecule has 1 heterocycles. The third kappa shape index (κ3) is 2.62. The number of hydrogen-bond acceptors (Lipinski definition) is 6. The zero-order valence-electron chi connectivity index (χ0n) is 9.80. The van der Waals surface area contributed by atoms with E-state index in [1.54, 1.807) is 19.9 Å². The highest BCUT2D eigenvalue weighted by Gasteiger charge is 2.37. The number of ether oxygens (including phenoxy) is 1. The number of carbonyl (C=O) groups excluding carboxylic acids is 1. The van der Waals surface area contributed by atoms with E-state index in [1.807, 2.05) is 0 Å². The molecule has 2 N–H and O–H groups in total. The molecular weight excluding hydrogens is 244 g/mol. The largest absolute Gasteiger partial charge is 0.469 e. The number of methoxy groups -OCH3 is 1. The average molecular weight is 258 g/mol. The lowest BCUT2D eigenvalue weighted by Crippen LogP contribution is -2.36. The smallest absolute Gasteiger partial charge is 0.324 e. The van der Waals surface area contributed by atoms with Crippen LogP contribution in [0.3, 0.4) is 0 Å². The van der Waals surface area contributed by atoms with Crippen LogP contribution in [0.1, 0.15) is 24.8 Å². The Hall–Kier alpha value is -1.47. The van der Waals surface area contributed by atoms with Gasteiger partial charge in [0.05, 0.1) is 23.5 Å². The van der Waals surface area contributed by atoms with Crippen molar-refractivity contribution in [2.45, 2.75) is 19.9 Å². The van der Waals surface area contributed by atoms with Crippen LogP contribution in [-0.4, -0.2) is 18.0 Å². The second-order valence-electron chi connectivity index (χ2n) is 4.12. The van der Waals surface area contributed by atoms with Gasteiger partial charge in [0.2, 0.25) is 0 Å². The fourth-order valence-corrected chi connectivity index (χ4v) is 2.36. The predicted molar refractivity (Wildman–Crippen MR) is 63.7 cm³/mol. The molecule has 1 rings (SSSR count). The SMILES string of the molecule is COC(=O)C(C)(C)[C@@H](N)c1ccc([N+](=O)[O-])s1. The lowest BCUT2D eigenvalue weighted by Gasteiger charge is -2.27. The van der Waals surface area contributed by atoms with Crippen molar-refractivity contribution in [2.24, 2.45) is 11.1 Å². The molecule has 0 fully saturated rings. The molecule has 6 nitrogen and oxygen atoms in total. The summed E-state index contributed by atoms with van der Waals surface area (Å²) in [6, 6.07) is 2.32. The third-order valence-corrected chi connectivity index (χ3v) is 3.71. The number of hydrogen-bond donors (Lipinski definition) is 1. The fourth-order valence-electron chi connectivity index (χ4n) is 1.35. The summed E-state index contributed by atoms with van der Waals surface area (Å²) in [5, 5.41) is 10.6. The molecule has 0 radical (unpaired) electrons. The fraction of sp³-hybridized carbons (Fsp3) is 0.500. The van der Waals surface area contributed by atoms with E-state index in [1.165, 1.54) is 13.2 Å². The van der Waals surface area contributed by atoms with Crippen LogP contribution in [0.2, 0.25) is 0 Å². The zero-order valence-corrected chi connectivity index (χ0v) is 10.6. The molecule has 94 valence electrons. The highest BCUT2D eigenvalue weighted by Crippen LogP contribution is 2.37. The van der Waals surface area contributed by atoms with E-state index in [0.717, 1.165) is 11.3 Å². The van der Waals surface area contributed by atoms with Gasteiger partial charge in [-0.3, -0.25) is 14.9 Å². The van der Waals surface area contributed by atoms with Gasteiger partial charge in [-0.2, -0.15) is 0 Å². The molecule has 0 amide bonds. The van der Waals surface area contributed by atoms with Gasteiger partial charge >= 0.3 is 11.0 Å². The van der Waals surface area contributed by atoms with Gasteiger partial charge in [-0.05, 0) is 19.9 Å². The minimum absolute atomic E-state index is 0.0103. The first-order chi connectivity index (χ1) is 7.80. The minimum atomic E-state index is -0.923. The van der Waals surface area contributed by atoms with Gasteiger partial charge in [0.15, 0.2) is 0 Å². The molecule has 0 aromatic carbocycles. The molecule has 0 aliphatic rings. The summed E-state index contributed by atoms with van der Waals surface area (Å²) < 4.78 is 4.66. The van der Waals surface area contributed by atoms with Crippen molar-refractivity contribution in [1.82, 2.24) is 0 Å². The van der Waals surface area contributed by atoms with Crippen molar-refractivity contribution in [1.29, 1.82) is 0 Å². The van der Waals surface area contributed by atoms with E-state index in [9.17, 15) is 14.9 Å². The first-order valence-electron chi connectivity index (χ1n) is 4.88. The Bertz CT molecular complexity index is 441. The molecule has 0 saturated carbocycles. The van der Waals surface area contributed by atoms with E-state index in [0.29, 0.717) is 4.88 Å². The highest BCUT2D eigenvalue weighted by molar-refractivity contribution is 7.15. The van der Waals surface area contributed by atoms with Gasteiger partial charge in [0.1, 0.15) is 0 Å². The van der Waals surface area contributed by atoms with E-state index in [2.05, 4.69) is 4.74 Å². The molecule has 1 atom stereocenters. The van der Waals surface area contributed by atoms with Gasteiger partial charge < -0.3 is 10.5 Å². The molecule has 0 spiro atoms. The summed E-state index contributed by atoms with van der Waals surface area (Å²) in [5.74, 6) is -0.443. The minimum Gasteiger partial charge on any atom is -0.469 e. The molecule has 0 aliphatic carbocycles. The first-order valence-corrected chi connectivity index (χ1v) is 5.70. The Labute approximate surface area is 103 Å². The second kappa shape index (κ2) is 4.80. The summed E-state index contributed by atoms with van der Waals surface area (Å²) in [6.07, 6.45) is 0. The van der Waals surface area contributed by atoms with Crippen LogP contribution >= 0.6 is 11.3 Å². The number of thiophene rings is 1. The van der Waals surface area contributed by atoms with Crippen LogP contribution < -0.4 is 5.73 Å². The summed E-state index contributed by atoms with van der Waals surface area (Å²) in [7, 11) is 1.29. The van der Waals surface area contributed by atoms with Gasteiger partial charge in [0, 0.05) is 10.9 Å². The Morgan fingerprint density at radius 1 is 1.59 bits per heavy atom. The Morgan fingerprint density at radius 2 is 2.18 bits per heavy atom. The Kier molecular flexibility index (Phi) is 3.84. The molecule has 0 aliphatic heterocycles. The highest BCUT2D eigenvalue weighted by atomic mass is 32.1. The monoisotopic (exact) mass is 258 g/mol. The number of carbonyl (C=O) groups is 1. The third-order valence-electron chi connectivity index (χ3n) is 2.59. The summed E-state index contributed by atoms with van der Waals surface area (Å²) in [6.45, 7) is 3.30. The van der Waals surface area contributed by atoms with Crippen LogP contribution in [0.5, 0.6) is 0 Å². The van der Waals surface area contributed by atoms with Crippen molar-refractivity contribution in [3.63, 3.8) is 0 Å². The van der Waals surface area contributed by atoms with Crippen LogP contribution in [-0.2, 0) is 9.53 Å². The molecule has 1 aromatic heterocycles. The molecule has 1 aromatic rings. The Morgan fingerprint density at radius 3 is 2.59 bits per heavy atom. The zero-order chi connectivity index (χ0) is 13.2. The second-order valence-corrected chi connectivity index (χ2v) is 5.22. The van der Waals surface area contributed by atoms with Gasteiger partial charge in [0.25, 0.3) is 0 Å². The van der Waals surface area contributed by atoms with Gasteiger partial charge in [-0.15, -0.1) is 0 Å².